The molecule has 0 bridgehead atoms. The highest BCUT2D eigenvalue weighted by atomic mass is 16.6. The molecule has 1 atom stereocenters. The van der Waals surface area contributed by atoms with E-state index in [1.54, 1.807) is 6.26 Å². The second-order valence-corrected chi connectivity index (χ2v) is 5.48. The smallest absolute Gasteiger partial charge is 0.247 e. The lowest BCUT2D eigenvalue weighted by Gasteiger charge is -2.18. The minimum Gasteiger partial charge on any atom is -0.486 e. The van der Waals surface area contributed by atoms with E-state index in [0.29, 0.717) is 37.2 Å². The van der Waals surface area contributed by atoms with Crippen LogP contribution in [0.2, 0.25) is 0 Å². The molecule has 0 N–H and O–H groups in total. The third-order valence-corrected chi connectivity index (χ3v) is 3.77. The zero-order chi connectivity index (χ0) is 15.6. The van der Waals surface area contributed by atoms with Crippen LogP contribution in [0.3, 0.4) is 0 Å². The van der Waals surface area contributed by atoms with Gasteiger partial charge in [-0.05, 0) is 30.3 Å². The van der Waals surface area contributed by atoms with Crippen LogP contribution in [0.15, 0.2) is 45.4 Å². The Kier molecular flexibility index (Phi) is 3.49. The monoisotopic (exact) mass is 312 g/mol. The van der Waals surface area contributed by atoms with Gasteiger partial charge in [-0.25, -0.2) is 0 Å². The molecule has 0 radical (unpaired) electrons. The molecular formula is C17H16N2O4. The lowest BCUT2D eigenvalue weighted by molar-refractivity contribution is 0.171. The maximum Gasteiger partial charge on any atom is 0.247 e. The lowest BCUT2D eigenvalue weighted by atomic mass is 10.1. The average molecular weight is 312 g/mol. The van der Waals surface area contributed by atoms with E-state index in [-0.39, 0.29) is 5.92 Å². The quantitative estimate of drug-likeness (QED) is 0.735. The van der Waals surface area contributed by atoms with Crippen molar-refractivity contribution >= 4 is 0 Å². The summed E-state index contributed by atoms with van der Waals surface area (Å²) in [5, 5.41) is 8.25. The van der Waals surface area contributed by atoms with Crippen LogP contribution in [-0.4, -0.2) is 23.4 Å². The number of benzene rings is 1. The van der Waals surface area contributed by atoms with Crippen molar-refractivity contribution < 1.29 is 18.3 Å². The number of rotatable bonds is 4. The molecule has 2 aromatic heterocycles. The van der Waals surface area contributed by atoms with Crippen molar-refractivity contribution in [3.8, 4) is 23.0 Å². The summed E-state index contributed by atoms with van der Waals surface area (Å²) in [7, 11) is 0. The highest BCUT2D eigenvalue weighted by Gasteiger charge is 2.17. The Bertz CT molecular complexity index is 795. The number of aromatic nitrogens is 2. The lowest BCUT2D eigenvalue weighted by Crippen LogP contribution is -2.15. The zero-order valence-corrected chi connectivity index (χ0v) is 12.7. The van der Waals surface area contributed by atoms with E-state index < -0.39 is 0 Å². The maximum absolute atomic E-state index is 5.77. The summed E-state index contributed by atoms with van der Waals surface area (Å²) in [4.78, 5) is 0. The third-order valence-electron chi connectivity index (χ3n) is 3.77. The van der Waals surface area contributed by atoms with Crippen LogP contribution in [-0.2, 0) is 6.42 Å². The molecule has 3 heterocycles. The summed E-state index contributed by atoms with van der Waals surface area (Å²) in [6.07, 6.45) is 2.30. The van der Waals surface area contributed by atoms with Crippen molar-refractivity contribution in [2.24, 2.45) is 0 Å². The molecule has 1 aliphatic rings. The number of furan rings is 1. The fourth-order valence-electron chi connectivity index (χ4n) is 2.56. The molecule has 6 nitrogen and oxygen atoms in total. The summed E-state index contributed by atoms with van der Waals surface area (Å²) in [6, 6.07) is 9.44. The zero-order valence-electron chi connectivity index (χ0n) is 12.7. The first-order chi connectivity index (χ1) is 11.3. The molecule has 118 valence electrons. The standard InChI is InChI=1S/C17H16N2O4/c1-11(13-3-2-6-20-13)9-16-18-19-17(23-16)12-4-5-14-15(10-12)22-8-7-21-14/h2-6,10-11H,7-9H2,1H3. The molecule has 0 amide bonds. The van der Waals surface area contributed by atoms with E-state index in [1.807, 2.05) is 30.3 Å². The first-order valence-corrected chi connectivity index (χ1v) is 7.55. The normalized spacial score (nSPS) is 14.7. The minimum absolute atomic E-state index is 0.179. The summed E-state index contributed by atoms with van der Waals surface area (Å²) in [5.74, 6) is 3.59. The Balaban J connectivity index is 1.53. The second-order valence-electron chi connectivity index (χ2n) is 5.48. The van der Waals surface area contributed by atoms with Gasteiger partial charge in [0.1, 0.15) is 19.0 Å². The number of ether oxygens (including phenoxy) is 2. The Hall–Kier alpha value is -2.76. The van der Waals surface area contributed by atoms with Gasteiger partial charge in [-0.15, -0.1) is 10.2 Å². The molecule has 0 saturated heterocycles. The summed E-state index contributed by atoms with van der Waals surface area (Å²) in [5.41, 5.74) is 0.818. The largest absolute Gasteiger partial charge is 0.486 e. The van der Waals surface area contributed by atoms with Crippen LogP contribution in [0.1, 0.15) is 24.5 Å². The van der Waals surface area contributed by atoms with Crippen molar-refractivity contribution in [2.75, 3.05) is 13.2 Å². The molecule has 1 aromatic carbocycles. The molecule has 4 rings (SSSR count). The van der Waals surface area contributed by atoms with Gasteiger partial charge in [-0.2, -0.15) is 0 Å². The van der Waals surface area contributed by atoms with E-state index >= 15 is 0 Å². The van der Waals surface area contributed by atoms with Crippen LogP contribution in [0.25, 0.3) is 11.5 Å². The SMILES string of the molecule is CC(Cc1nnc(-c2ccc3c(c2)OCCO3)o1)c1ccco1. The van der Waals surface area contributed by atoms with E-state index in [0.717, 1.165) is 17.1 Å². The van der Waals surface area contributed by atoms with Crippen molar-refractivity contribution in [1.82, 2.24) is 10.2 Å². The van der Waals surface area contributed by atoms with Gasteiger partial charge in [0.05, 0.1) is 6.26 Å². The van der Waals surface area contributed by atoms with E-state index in [1.165, 1.54) is 0 Å². The minimum atomic E-state index is 0.179. The van der Waals surface area contributed by atoms with E-state index in [4.69, 9.17) is 18.3 Å². The van der Waals surface area contributed by atoms with Gasteiger partial charge in [0.25, 0.3) is 0 Å². The van der Waals surface area contributed by atoms with Crippen LogP contribution in [0, 0.1) is 0 Å². The number of hydrogen-bond donors (Lipinski definition) is 0. The van der Waals surface area contributed by atoms with Crippen molar-refractivity contribution in [3.05, 3.63) is 48.2 Å². The fourth-order valence-corrected chi connectivity index (χ4v) is 2.56. The van der Waals surface area contributed by atoms with Crippen molar-refractivity contribution in [2.45, 2.75) is 19.3 Å². The van der Waals surface area contributed by atoms with Gasteiger partial charge in [-0.1, -0.05) is 6.92 Å². The molecule has 1 aliphatic heterocycles. The average Bonchev–Trinajstić information content (AvgIpc) is 3.26. The predicted octanol–water partition coefficient (Wildman–Crippen LogP) is 3.45. The Morgan fingerprint density at radius 3 is 2.78 bits per heavy atom. The molecule has 0 spiro atoms. The van der Waals surface area contributed by atoms with Crippen LogP contribution in [0.5, 0.6) is 11.5 Å². The number of nitrogens with zero attached hydrogens (tertiary/aromatic N) is 2. The number of fused-ring (bicyclic) bond motifs is 1. The van der Waals surface area contributed by atoms with Crippen LogP contribution < -0.4 is 9.47 Å². The van der Waals surface area contributed by atoms with Gasteiger partial charge in [0.15, 0.2) is 11.5 Å². The van der Waals surface area contributed by atoms with Crippen LogP contribution in [0.4, 0.5) is 0 Å². The predicted molar refractivity (Wildman–Crippen MR) is 81.6 cm³/mol. The first kappa shape index (κ1) is 13.9. The molecule has 3 aromatic rings. The van der Waals surface area contributed by atoms with Gasteiger partial charge in [-0.3, -0.25) is 0 Å². The van der Waals surface area contributed by atoms with Gasteiger partial charge in [0, 0.05) is 17.9 Å². The molecule has 23 heavy (non-hydrogen) atoms. The second kappa shape index (κ2) is 5.79. The third kappa shape index (κ3) is 2.79. The molecule has 6 heteroatoms. The molecule has 1 unspecified atom stereocenters. The Labute approximate surface area is 133 Å². The first-order valence-electron chi connectivity index (χ1n) is 7.55. The molecule has 0 saturated carbocycles. The maximum atomic E-state index is 5.77. The van der Waals surface area contributed by atoms with Gasteiger partial charge >= 0.3 is 0 Å². The Morgan fingerprint density at radius 1 is 1.09 bits per heavy atom. The van der Waals surface area contributed by atoms with Crippen LogP contribution >= 0.6 is 0 Å². The topological polar surface area (TPSA) is 70.5 Å². The highest BCUT2D eigenvalue weighted by molar-refractivity contribution is 5.59. The fraction of sp³-hybridized carbons (Fsp3) is 0.294. The van der Waals surface area contributed by atoms with Gasteiger partial charge in [0.2, 0.25) is 11.8 Å². The van der Waals surface area contributed by atoms with Crippen molar-refractivity contribution in [3.63, 3.8) is 0 Å². The Morgan fingerprint density at radius 2 is 1.96 bits per heavy atom. The summed E-state index contributed by atoms with van der Waals surface area (Å²) >= 11 is 0. The molecular weight excluding hydrogens is 296 g/mol. The van der Waals surface area contributed by atoms with E-state index in [2.05, 4.69) is 17.1 Å². The summed E-state index contributed by atoms with van der Waals surface area (Å²) < 4.78 is 22.3. The summed E-state index contributed by atoms with van der Waals surface area (Å²) in [6.45, 7) is 3.18. The van der Waals surface area contributed by atoms with Crippen molar-refractivity contribution in [1.29, 1.82) is 0 Å². The number of hydrogen-bond acceptors (Lipinski definition) is 6. The highest BCUT2D eigenvalue weighted by Crippen LogP contribution is 2.34. The van der Waals surface area contributed by atoms with Gasteiger partial charge < -0.3 is 18.3 Å². The molecule has 0 fully saturated rings. The van der Waals surface area contributed by atoms with E-state index in [9.17, 15) is 0 Å². The molecule has 0 aliphatic carbocycles.